The number of fused-ring (bicyclic) bond motifs is 1. The summed E-state index contributed by atoms with van der Waals surface area (Å²) in [5, 5.41) is 9.56. The van der Waals surface area contributed by atoms with E-state index in [9.17, 15) is 27.6 Å². The number of rotatable bonds is 7. The maximum atomic E-state index is 14.1. The minimum atomic E-state index is -4.64. The fourth-order valence-electron chi connectivity index (χ4n) is 4.24. The molecule has 3 heterocycles. The first-order chi connectivity index (χ1) is 18.5. The van der Waals surface area contributed by atoms with Crippen molar-refractivity contribution < 1.29 is 37.0 Å². The van der Waals surface area contributed by atoms with Crippen LogP contribution < -0.4 is 10.6 Å². The number of halogens is 4. The van der Waals surface area contributed by atoms with Crippen molar-refractivity contribution in [1.82, 2.24) is 9.78 Å². The number of hydrogen-bond donors (Lipinski definition) is 2. The minimum absolute atomic E-state index is 0.0113. The van der Waals surface area contributed by atoms with Crippen molar-refractivity contribution in [2.24, 2.45) is 0 Å². The number of benzene rings is 1. The summed E-state index contributed by atoms with van der Waals surface area (Å²) in [6.07, 6.45) is -4.98. The van der Waals surface area contributed by atoms with Crippen molar-refractivity contribution in [2.75, 3.05) is 23.8 Å². The molecule has 39 heavy (non-hydrogen) atoms. The highest BCUT2D eigenvalue weighted by Gasteiger charge is 2.48. The summed E-state index contributed by atoms with van der Waals surface area (Å²) in [4.78, 5) is 38.5. The number of hydrogen-bond acceptors (Lipinski definition) is 8. The third-order valence-electron chi connectivity index (χ3n) is 6.03. The summed E-state index contributed by atoms with van der Waals surface area (Å²) in [5.74, 6) is -2.36. The Morgan fingerprint density at radius 1 is 1.15 bits per heavy atom. The normalized spacial score (nSPS) is 16.7. The summed E-state index contributed by atoms with van der Waals surface area (Å²) in [6, 6.07) is 5.98. The molecule has 1 amide bonds. The Bertz CT molecular complexity index is 1410. The molecule has 2 atom stereocenters. The summed E-state index contributed by atoms with van der Waals surface area (Å²) in [7, 11) is 0. The molecule has 2 N–H and O–H groups in total. The van der Waals surface area contributed by atoms with Gasteiger partial charge >= 0.3 is 18.1 Å². The van der Waals surface area contributed by atoms with Crippen molar-refractivity contribution in [3.63, 3.8) is 0 Å². The average molecular weight is 629 g/mol. The number of anilines is 2. The van der Waals surface area contributed by atoms with Crippen LogP contribution in [0.1, 0.15) is 74.0 Å². The second-order valence-corrected chi connectivity index (χ2v) is 10.3. The van der Waals surface area contributed by atoms with E-state index in [1.54, 1.807) is 44.2 Å². The van der Waals surface area contributed by atoms with Crippen LogP contribution in [0, 0.1) is 6.92 Å². The summed E-state index contributed by atoms with van der Waals surface area (Å²) < 4.78 is 53.2. The van der Waals surface area contributed by atoms with Crippen molar-refractivity contribution in [3.8, 4) is 0 Å². The SMILES string of the molecule is CCOC(=O)c1sc(NC(=O)c2nn3c(c2Br)N[C@H](c2ccccc2)C[C@@H]3C(F)(F)F)c(C(=O)OCC)c1C. The number of aromatic nitrogens is 2. The zero-order valence-corrected chi connectivity index (χ0v) is 23.4. The fourth-order valence-corrected chi connectivity index (χ4v) is 5.88. The van der Waals surface area contributed by atoms with Gasteiger partial charge < -0.3 is 20.1 Å². The Labute approximate surface area is 233 Å². The molecule has 3 aromatic rings. The van der Waals surface area contributed by atoms with Crippen LogP contribution in [0.3, 0.4) is 0 Å². The van der Waals surface area contributed by atoms with Crippen molar-refractivity contribution >= 4 is 55.9 Å². The average Bonchev–Trinajstić information content (AvgIpc) is 3.40. The molecule has 0 radical (unpaired) electrons. The first-order valence-electron chi connectivity index (χ1n) is 11.9. The minimum Gasteiger partial charge on any atom is -0.462 e. The van der Waals surface area contributed by atoms with Gasteiger partial charge in [-0.3, -0.25) is 4.79 Å². The van der Waals surface area contributed by atoms with E-state index in [2.05, 4.69) is 31.7 Å². The van der Waals surface area contributed by atoms with Crippen LogP contribution >= 0.6 is 27.3 Å². The Kier molecular flexibility index (Phi) is 8.35. The lowest BCUT2D eigenvalue weighted by molar-refractivity contribution is -0.173. The molecule has 2 aromatic heterocycles. The molecule has 4 rings (SSSR count). The van der Waals surface area contributed by atoms with Crippen LogP contribution in [0.5, 0.6) is 0 Å². The van der Waals surface area contributed by atoms with Gasteiger partial charge in [0.15, 0.2) is 11.7 Å². The van der Waals surface area contributed by atoms with Gasteiger partial charge in [0, 0.05) is 6.42 Å². The van der Waals surface area contributed by atoms with Crippen LogP contribution in [0.4, 0.5) is 24.0 Å². The molecule has 9 nitrogen and oxygen atoms in total. The molecule has 0 unspecified atom stereocenters. The Morgan fingerprint density at radius 3 is 2.41 bits per heavy atom. The first-order valence-corrected chi connectivity index (χ1v) is 13.5. The fraction of sp³-hybridized carbons (Fsp3) is 0.360. The van der Waals surface area contributed by atoms with Crippen LogP contribution in [-0.2, 0) is 9.47 Å². The second kappa shape index (κ2) is 11.4. The smallest absolute Gasteiger partial charge is 0.410 e. The van der Waals surface area contributed by atoms with Crippen LogP contribution in [0.15, 0.2) is 34.8 Å². The van der Waals surface area contributed by atoms with Crippen LogP contribution in [0.25, 0.3) is 0 Å². The van der Waals surface area contributed by atoms with E-state index in [4.69, 9.17) is 9.47 Å². The standard InChI is InChI=1S/C25H24BrF3N4O5S/c1-4-37-23(35)16-12(3)19(24(36)38-5-2)39-22(16)31-21(34)18-17(26)20-30-14(13-9-7-6-8-10-13)11-15(25(27,28)29)33(20)32-18/h6-10,14-15,30H,4-5,11H2,1-3H3,(H,31,34)/t14-,15+/m0/s1. The van der Waals surface area contributed by atoms with E-state index in [0.717, 1.165) is 16.0 Å². The molecule has 0 saturated carbocycles. The molecule has 0 bridgehead atoms. The maximum absolute atomic E-state index is 14.1. The van der Waals surface area contributed by atoms with Gasteiger partial charge in [0.05, 0.1) is 29.3 Å². The van der Waals surface area contributed by atoms with Gasteiger partial charge in [-0.2, -0.15) is 18.3 Å². The molecule has 0 fully saturated rings. The Balaban J connectivity index is 1.72. The number of thiophene rings is 1. The molecule has 1 aliphatic rings. The Hall–Kier alpha value is -3.39. The number of ether oxygens (including phenoxy) is 2. The van der Waals surface area contributed by atoms with Crippen molar-refractivity contribution in [2.45, 2.75) is 45.5 Å². The molecule has 0 aliphatic carbocycles. The van der Waals surface area contributed by atoms with E-state index >= 15 is 0 Å². The van der Waals surface area contributed by atoms with Gasteiger partial charge in [-0.15, -0.1) is 11.3 Å². The van der Waals surface area contributed by atoms with Crippen molar-refractivity contribution in [1.29, 1.82) is 0 Å². The van der Waals surface area contributed by atoms with Gasteiger partial charge in [-0.25, -0.2) is 14.3 Å². The topological polar surface area (TPSA) is 112 Å². The number of nitrogens with zero attached hydrogens (tertiary/aromatic N) is 2. The molecule has 208 valence electrons. The predicted molar refractivity (Wildman–Crippen MR) is 141 cm³/mol. The highest BCUT2D eigenvalue weighted by molar-refractivity contribution is 9.10. The molecular weight excluding hydrogens is 605 g/mol. The number of esters is 2. The van der Waals surface area contributed by atoms with Gasteiger partial charge in [-0.05, 0) is 47.8 Å². The van der Waals surface area contributed by atoms with Crippen LogP contribution in [0.2, 0.25) is 0 Å². The maximum Gasteiger partial charge on any atom is 0.410 e. The van der Waals surface area contributed by atoms with Gasteiger partial charge in [-0.1, -0.05) is 30.3 Å². The third kappa shape index (κ3) is 5.66. The van der Waals surface area contributed by atoms with Gasteiger partial charge in [0.2, 0.25) is 0 Å². The quantitative estimate of drug-likeness (QED) is 0.296. The highest BCUT2D eigenvalue weighted by atomic mass is 79.9. The molecular formula is C25H24BrF3N4O5S. The van der Waals surface area contributed by atoms with Gasteiger partial charge in [0.25, 0.3) is 5.91 Å². The molecule has 1 aromatic carbocycles. The molecule has 0 spiro atoms. The molecule has 14 heteroatoms. The third-order valence-corrected chi connectivity index (χ3v) is 7.97. The zero-order chi connectivity index (χ0) is 28.5. The van der Waals surface area contributed by atoms with E-state index in [1.165, 1.54) is 6.92 Å². The summed E-state index contributed by atoms with van der Waals surface area (Å²) >= 11 is 4.05. The number of alkyl halides is 3. The number of carbonyl (C=O) groups is 3. The summed E-state index contributed by atoms with van der Waals surface area (Å²) in [5.41, 5.74) is 0.518. The number of nitrogens with one attached hydrogen (secondary N) is 2. The first kappa shape index (κ1) is 28.6. The summed E-state index contributed by atoms with van der Waals surface area (Å²) in [6.45, 7) is 4.87. The second-order valence-electron chi connectivity index (χ2n) is 8.51. The van der Waals surface area contributed by atoms with E-state index in [-0.39, 0.29) is 56.6 Å². The lowest BCUT2D eigenvalue weighted by atomic mass is 9.97. The number of amides is 1. The predicted octanol–water partition coefficient (Wildman–Crippen LogP) is 6.28. The zero-order valence-electron chi connectivity index (χ0n) is 21.0. The number of carbonyl (C=O) groups excluding carboxylic acids is 3. The Morgan fingerprint density at radius 2 is 1.79 bits per heavy atom. The van der Waals surface area contributed by atoms with Crippen LogP contribution in [-0.4, -0.2) is 47.0 Å². The highest BCUT2D eigenvalue weighted by Crippen LogP contribution is 2.46. The molecule has 1 aliphatic heterocycles. The van der Waals surface area contributed by atoms with E-state index in [0.29, 0.717) is 5.56 Å². The van der Waals surface area contributed by atoms with Gasteiger partial charge in [0.1, 0.15) is 15.7 Å². The molecule has 0 saturated heterocycles. The van der Waals surface area contributed by atoms with E-state index in [1.807, 2.05) is 0 Å². The van der Waals surface area contributed by atoms with E-state index < -0.39 is 36.1 Å². The van der Waals surface area contributed by atoms with Crippen molar-refractivity contribution in [3.05, 3.63) is 62.1 Å². The largest absolute Gasteiger partial charge is 0.462 e. The lowest BCUT2D eigenvalue weighted by Crippen LogP contribution is -2.35. The lowest BCUT2D eigenvalue weighted by Gasteiger charge is -2.33. The monoisotopic (exact) mass is 628 g/mol.